The monoisotopic (exact) mass is 835 g/mol. The van der Waals surface area contributed by atoms with Gasteiger partial charge < -0.3 is 14.2 Å². The highest BCUT2D eigenvalue weighted by molar-refractivity contribution is 5.71. The highest BCUT2D eigenvalue weighted by Gasteiger charge is 2.19. The molecule has 0 aromatic carbocycles. The number of unbranched alkanes of at least 4 members (excludes halogenated alkanes) is 35. The Hall–Kier alpha value is -1.59. The zero-order valence-electron chi connectivity index (χ0n) is 40.2. The summed E-state index contributed by atoms with van der Waals surface area (Å²) >= 11 is 0. The summed E-state index contributed by atoms with van der Waals surface area (Å²) in [5, 5.41) is 0. The summed E-state index contributed by atoms with van der Waals surface area (Å²) in [5.74, 6) is -0.0902. The maximum Gasteiger partial charge on any atom is 0.306 e. The molecule has 1 atom stereocenters. The van der Waals surface area contributed by atoms with Gasteiger partial charge in [0.05, 0.1) is 0 Å². The molecule has 0 N–H and O–H groups in total. The number of hydrogen-bond donors (Lipinski definition) is 0. The van der Waals surface area contributed by atoms with E-state index < -0.39 is 6.10 Å². The Morgan fingerprint density at radius 3 is 0.831 bits per heavy atom. The summed E-state index contributed by atoms with van der Waals surface area (Å²) in [6, 6.07) is 0. The van der Waals surface area contributed by atoms with Crippen molar-refractivity contribution in [3.8, 4) is 0 Å². The molecular weight excluding hydrogens is 733 g/mol. The average Bonchev–Trinajstić information content (AvgIpc) is 3.22. The number of ether oxygens (including phenoxy) is 3. The van der Waals surface area contributed by atoms with E-state index in [-0.39, 0.29) is 31.1 Å². The molecule has 0 aliphatic heterocycles. The molecule has 6 nitrogen and oxygen atoms in total. The minimum atomic E-state index is -0.761. The van der Waals surface area contributed by atoms with E-state index >= 15 is 0 Å². The molecule has 0 amide bonds. The Morgan fingerprint density at radius 2 is 0.559 bits per heavy atom. The van der Waals surface area contributed by atoms with E-state index in [1.54, 1.807) is 0 Å². The quantitative estimate of drug-likeness (QED) is 0.0345. The number of carbonyl (C=O) groups excluding carboxylic acids is 3. The van der Waals surface area contributed by atoms with Crippen molar-refractivity contribution in [2.45, 2.75) is 303 Å². The molecule has 6 heteroatoms. The molecule has 0 aromatic rings. The molecule has 0 rings (SSSR count). The van der Waals surface area contributed by atoms with Crippen LogP contribution >= 0.6 is 0 Å². The van der Waals surface area contributed by atoms with Gasteiger partial charge in [0.2, 0.25) is 0 Å². The maximum atomic E-state index is 12.7. The van der Waals surface area contributed by atoms with Gasteiger partial charge in [-0.25, -0.2) is 0 Å². The minimum absolute atomic E-state index is 0.0639. The normalized spacial score (nSPS) is 11.9. The van der Waals surface area contributed by atoms with Crippen LogP contribution in [0.3, 0.4) is 0 Å². The molecule has 0 fully saturated rings. The van der Waals surface area contributed by atoms with Crippen molar-refractivity contribution in [3.05, 3.63) is 0 Å². The standard InChI is InChI=1S/C53H102O6/c1-5-7-9-11-13-15-17-19-21-22-23-24-26-28-30-32-37-41-45-52(55)58-48-50(59-53(56)46-42-38-34-33-35-39-43-49(3)4)47-57-51(54)44-40-36-31-29-27-25-20-18-16-14-12-10-8-6-2/h49-50H,5-48H2,1-4H3/t50-/m0/s1. The molecule has 0 spiro atoms. The van der Waals surface area contributed by atoms with Gasteiger partial charge in [0, 0.05) is 19.3 Å². The van der Waals surface area contributed by atoms with Gasteiger partial charge in [-0.1, -0.05) is 259 Å². The lowest BCUT2D eigenvalue weighted by molar-refractivity contribution is -0.167. The van der Waals surface area contributed by atoms with Crippen LogP contribution in [0.4, 0.5) is 0 Å². The van der Waals surface area contributed by atoms with Crippen LogP contribution in [0.25, 0.3) is 0 Å². The molecule has 0 aromatic heterocycles. The highest BCUT2D eigenvalue weighted by atomic mass is 16.6. The third kappa shape index (κ3) is 47.3. The Bertz CT molecular complexity index is 887. The minimum Gasteiger partial charge on any atom is -0.462 e. The van der Waals surface area contributed by atoms with Crippen LogP contribution < -0.4 is 0 Å². The van der Waals surface area contributed by atoms with Crippen molar-refractivity contribution >= 4 is 17.9 Å². The fourth-order valence-corrected chi connectivity index (χ4v) is 8.04. The van der Waals surface area contributed by atoms with Crippen LogP contribution in [-0.2, 0) is 28.6 Å². The highest BCUT2D eigenvalue weighted by Crippen LogP contribution is 2.17. The van der Waals surface area contributed by atoms with Crippen molar-refractivity contribution in [1.29, 1.82) is 0 Å². The van der Waals surface area contributed by atoms with E-state index in [2.05, 4.69) is 27.7 Å². The first-order chi connectivity index (χ1) is 28.9. The van der Waals surface area contributed by atoms with Gasteiger partial charge in [0.25, 0.3) is 0 Å². The van der Waals surface area contributed by atoms with Crippen LogP contribution in [-0.4, -0.2) is 37.2 Å². The molecule has 0 aliphatic carbocycles. The third-order valence-corrected chi connectivity index (χ3v) is 12.0. The summed E-state index contributed by atoms with van der Waals surface area (Å²) in [7, 11) is 0. The van der Waals surface area contributed by atoms with E-state index in [0.29, 0.717) is 19.3 Å². The summed E-state index contributed by atoms with van der Waals surface area (Å²) in [6.45, 7) is 8.96. The lowest BCUT2D eigenvalue weighted by Crippen LogP contribution is -2.30. The predicted molar refractivity (Wildman–Crippen MR) is 252 cm³/mol. The first kappa shape index (κ1) is 57.4. The average molecular weight is 835 g/mol. The van der Waals surface area contributed by atoms with E-state index in [4.69, 9.17) is 14.2 Å². The van der Waals surface area contributed by atoms with Crippen LogP contribution in [0.15, 0.2) is 0 Å². The molecule has 0 bridgehead atoms. The molecule has 0 radical (unpaired) electrons. The summed E-state index contributed by atoms with van der Waals surface area (Å²) < 4.78 is 16.8. The largest absolute Gasteiger partial charge is 0.462 e. The Labute approximate surface area is 368 Å². The SMILES string of the molecule is CCCCCCCCCCCCCCCCCCCCC(=O)OC[C@H](COC(=O)CCCCCCCCCCCCCCCC)OC(=O)CCCCCCCCC(C)C. The summed E-state index contributed by atoms with van der Waals surface area (Å²) in [6.07, 6.45) is 49.6. The summed E-state index contributed by atoms with van der Waals surface area (Å²) in [5.41, 5.74) is 0. The van der Waals surface area contributed by atoms with Crippen LogP contribution in [0.5, 0.6) is 0 Å². The van der Waals surface area contributed by atoms with Gasteiger partial charge in [-0.15, -0.1) is 0 Å². The van der Waals surface area contributed by atoms with E-state index in [9.17, 15) is 14.4 Å². The Morgan fingerprint density at radius 1 is 0.322 bits per heavy atom. The second-order valence-electron chi connectivity index (χ2n) is 18.6. The molecule has 0 aliphatic rings. The topological polar surface area (TPSA) is 78.9 Å². The van der Waals surface area contributed by atoms with Gasteiger partial charge in [-0.05, 0) is 25.2 Å². The van der Waals surface area contributed by atoms with E-state index in [0.717, 1.165) is 63.7 Å². The third-order valence-electron chi connectivity index (χ3n) is 12.0. The van der Waals surface area contributed by atoms with Crippen molar-refractivity contribution in [3.63, 3.8) is 0 Å². The van der Waals surface area contributed by atoms with E-state index in [1.165, 1.54) is 193 Å². The molecule has 0 unspecified atom stereocenters. The molecular formula is C53H102O6. The molecule has 0 heterocycles. The van der Waals surface area contributed by atoms with Crippen LogP contribution in [0.1, 0.15) is 297 Å². The Balaban J connectivity index is 4.21. The fraction of sp³-hybridized carbons (Fsp3) is 0.943. The smallest absolute Gasteiger partial charge is 0.306 e. The van der Waals surface area contributed by atoms with Crippen molar-refractivity contribution < 1.29 is 28.6 Å². The number of hydrogen-bond acceptors (Lipinski definition) is 6. The lowest BCUT2D eigenvalue weighted by Gasteiger charge is -2.18. The van der Waals surface area contributed by atoms with Gasteiger partial charge in [-0.2, -0.15) is 0 Å². The molecule has 0 saturated heterocycles. The summed E-state index contributed by atoms with van der Waals surface area (Å²) in [4.78, 5) is 37.9. The predicted octanol–water partition coefficient (Wildman–Crippen LogP) is 17.1. The number of rotatable bonds is 48. The number of carbonyl (C=O) groups is 3. The van der Waals surface area contributed by atoms with Gasteiger partial charge >= 0.3 is 17.9 Å². The second kappa shape index (κ2) is 47.5. The van der Waals surface area contributed by atoms with Crippen molar-refractivity contribution in [2.75, 3.05) is 13.2 Å². The first-order valence-corrected chi connectivity index (χ1v) is 26.4. The van der Waals surface area contributed by atoms with Crippen LogP contribution in [0.2, 0.25) is 0 Å². The second-order valence-corrected chi connectivity index (χ2v) is 18.6. The van der Waals surface area contributed by atoms with Crippen LogP contribution in [0, 0.1) is 5.92 Å². The van der Waals surface area contributed by atoms with Gasteiger partial charge in [0.1, 0.15) is 13.2 Å². The zero-order chi connectivity index (χ0) is 43.1. The lowest BCUT2D eigenvalue weighted by atomic mass is 10.0. The molecule has 350 valence electrons. The number of esters is 3. The first-order valence-electron chi connectivity index (χ1n) is 26.4. The molecule has 59 heavy (non-hydrogen) atoms. The Kier molecular flexibility index (Phi) is 46.2. The fourth-order valence-electron chi connectivity index (χ4n) is 8.04. The van der Waals surface area contributed by atoms with E-state index in [1.807, 2.05) is 0 Å². The van der Waals surface area contributed by atoms with Gasteiger partial charge in [0.15, 0.2) is 6.10 Å². The molecule has 0 saturated carbocycles. The zero-order valence-corrected chi connectivity index (χ0v) is 40.2. The van der Waals surface area contributed by atoms with Gasteiger partial charge in [-0.3, -0.25) is 14.4 Å². The van der Waals surface area contributed by atoms with Crippen molar-refractivity contribution in [2.24, 2.45) is 5.92 Å². The maximum absolute atomic E-state index is 12.7. The van der Waals surface area contributed by atoms with Crippen molar-refractivity contribution in [1.82, 2.24) is 0 Å².